The highest BCUT2D eigenvalue weighted by molar-refractivity contribution is 5.73. The van der Waals surface area contributed by atoms with Gasteiger partial charge in [0.1, 0.15) is 6.10 Å². The largest absolute Gasteiger partial charge is 0.462 e. The second kappa shape index (κ2) is 7.31. The summed E-state index contributed by atoms with van der Waals surface area (Å²) in [5, 5.41) is 0. The summed E-state index contributed by atoms with van der Waals surface area (Å²) in [5.74, 6) is 1.04. The van der Waals surface area contributed by atoms with Crippen LogP contribution in [0.5, 0.6) is 0 Å². The van der Waals surface area contributed by atoms with Gasteiger partial charge in [0.2, 0.25) is 0 Å². The van der Waals surface area contributed by atoms with Crippen molar-refractivity contribution in [3.63, 3.8) is 0 Å². The molecule has 0 radical (unpaired) electrons. The van der Waals surface area contributed by atoms with Crippen molar-refractivity contribution in [2.45, 2.75) is 74.8 Å². The van der Waals surface area contributed by atoms with E-state index >= 15 is 0 Å². The minimum absolute atomic E-state index is 0.000000000000000444. The van der Waals surface area contributed by atoms with Crippen LogP contribution < -0.4 is 0 Å². The third-order valence-electron chi connectivity index (χ3n) is 3.51. The van der Waals surface area contributed by atoms with Gasteiger partial charge >= 0.3 is 5.97 Å². The average molecular weight is 270 g/mol. The molecule has 19 heavy (non-hydrogen) atoms. The van der Waals surface area contributed by atoms with Crippen molar-refractivity contribution in [3.05, 3.63) is 0 Å². The van der Waals surface area contributed by atoms with Gasteiger partial charge in [0.25, 0.3) is 0 Å². The summed E-state index contributed by atoms with van der Waals surface area (Å²) < 4.78 is 5.80. The molecule has 0 heterocycles. The molecule has 0 amide bonds. The Kier molecular flexibility index (Phi) is 7.10. The van der Waals surface area contributed by atoms with E-state index in [0.717, 1.165) is 6.42 Å². The molecule has 0 spiro atoms. The zero-order valence-electron chi connectivity index (χ0n) is 14.4. The molecule has 0 aromatic carbocycles. The van der Waals surface area contributed by atoms with Gasteiger partial charge in [-0.2, -0.15) is 0 Å². The molecule has 0 fully saturated rings. The Hall–Kier alpha value is -0.530. The van der Waals surface area contributed by atoms with Crippen LogP contribution in [0.4, 0.5) is 0 Å². The van der Waals surface area contributed by atoms with Crippen LogP contribution in [0.2, 0.25) is 0 Å². The predicted octanol–water partition coefficient (Wildman–Crippen LogP) is 4.92. The molecular formula is C17H34O2. The Morgan fingerprint density at radius 1 is 0.895 bits per heavy atom. The third kappa shape index (κ3) is 6.98. The summed E-state index contributed by atoms with van der Waals surface area (Å²) in [5.41, 5.74) is 0.152. The fourth-order valence-corrected chi connectivity index (χ4v) is 2.51. The number of hydrogen-bond donors (Lipinski definition) is 0. The minimum atomic E-state index is -0.0164. The molecule has 0 aliphatic heterocycles. The van der Waals surface area contributed by atoms with Gasteiger partial charge in [-0.05, 0) is 29.6 Å². The lowest BCUT2D eigenvalue weighted by atomic mass is 9.79. The topological polar surface area (TPSA) is 26.3 Å². The molecule has 2 nitrogen and oxygen atoms in total. The molecule has 114 valence electrons. The summed E-state index contributed by atoms with van der Waals surface area (Å²) in [7, 11) is 0. The van der Waals surface area contributed by atoms with Crippen molar-refractivity contribution in [3.8, 4) is 0 Å². The second-order valence-corrected chi connectivity index (χ2v) is 8.00. The SMILES string of the molecule is CC(C)C(CC(C)(C)C)C(=O)OC(C(C)C)C(C)C. The van der Waals surface area contributed by atoms with Crippen molar-refractivity contribution in [2.75, 3.05) is 0 Å². The molecule has 0 saturated heterocycles. The first-order chi connectivity index (χ1) is 8.45. The Morgan fingerprint density at radius 2 is 1.32 bits per heavy atom. The van der Waals surface area contributed by atoms with E-state index in [9.17, 15) is 4.79 Å². The number of carbonyl (C=O) groups excluding carboxylic acids is 1. The zero-order chi connectivity index (χ0) is 15.4. The number of esters is 1. The molecule has 0 aliphatic carbocycles. The summed E-state index contributed by atoms with van der Waals surface area (Å²) in [6, 6.07) is 0. The molecule has 0 bridgehead atoms. The van der Waals surface area contributed by atoms with Crippen molar-refractivity contribution >= 4 is 5.97 Å². The Labute approximate surface area is 120 Å². The minimum Gasteiger partial charge on any atom is -0.462 e. The van der Waals surface area contributed by atoms with Crippen molar-refractivity contribution in [2.24, 2.45) is 29.1 Å². The maximum absolute atomic E-state index is 12.5. The maximum Gasteiger partial charge on any atom is 0.309 e. The molecule has 1 unspecified atom stereocenters. The van der Waals surface area contributed by atoms with Gasteiger partial charge in [-0.15, -0.1) is 0 Å². The van der Waals surface area contributed by atoms with Crippen LogP contribution >= 0.6 is 0 Å². The normalized spacial score (nSPS) is 14.6. The molecule has 0 saturated carbocycles. The number of ether oxygens (including phenoxy) is 1. The smallest absolute Gasteiger partial charge is 0.309 e. The molecule has 0 rings (SSSR count). The van der Waals surface area contributed by atoms with Gasteiger partial charge in [-0.3, -0.25) is 4.79 Å². The lowest BCUT2D eigenvalue weighted by molar-refractivity contribution is -0.162. The van der Waals surface area contributed by atoms with E-state index in [-0.39, 0.29) is 23.4 Å². The second-order valence-electron chi connectivity index (χ2n) is 8.00. The third-order valence-corrected chi connectivity index (χ3v) is 3.51. The molecule has 0 aliphatic rings. The first-order valence-electron chi connectivity index (χ1n) is 7.66. The number of hydrogen-bond acceptors (Lipinski definition) is 2. The Morgan fingerprint density at radius 3 is 1.58 bits per heavy atom. The average Bonchev–Trinajstić information content (AvgIpc) is 2.19. The van der Waals surface area contributed by atoms with Gasteiger partial charge in [0.15, 0.2) is 0 Å². The van der Waals surface area contributed by atoms with Gasteiger partial charge in [0, 0.05) is 0 Å². The molecule has 0 aromatic rings. The van der Waals surface area contributed by atoms with E-state index in [1.54, 1.807) is 0 Å². The molecule has 0 aromatic heterocycles. The fraction of sp³-hybridized carbons (Fsp3) is 0.941. The molecule has 1 atom stereocenters. The quantitative estimate of drug-likeness (QED) is 0.640. The van der Waals surface area contributed by atoms with Crippen LogP contribution in [0, 0.1) is 29.1 Å². The van der Waals surface area contributed by atoms with Gasteiger partial charge in [-0.25, -0.2) is 0 Å². The van der Waals surface area contributed by atoms with Crippen LogP contribution in [-0.2, 0) is 9.53 Å². The van der Waals surface area contributed by atoms with Crippen LogP contribution in [0.25, 0.3) is 0 Å². The number of carbonyl (C=O) groups is 1. The Balaban J connectivity index is 4.82. The standard InChI is InChI=1S/C17H34O2/c1-11(2)14(10-17(7,8)9)16(18)19-15(12(3)4)13(5)6/h11-15H,10H2,1-9H3. The highest BCUT2D eigenvalue weighted by Gasteiger charge is 2.31. The van der Waals surface area contributed by atoms with E-state index in [0.29, 0.717) is 17.8 Å². The number of rotatable bonds is 6. The highest BCUT2D eigenvalue weighted by Crippen LogP contribution is 2.31. The monoisotopic (exact) mass is 270 g/mol. The van der Waals surface area contributed by atoms with E-state index in [1.807, 2.05) is 0 Å². The lowest BCUT2D eigenvalue weighted by Crippen LogP contribution is -2.35. The fourth-order valence-electron chi connectivity index (χ4n) is 2.51. The summed E-state index contributed by atoms with van der Waals surface area (Å²) >= 11 is 0. The van der Waals surface area contributed by atoms with Gasteiger partial charge in [0.05, 0.1) is 5.92 Å². The van der Waals surface area contributed by atoms with Crippen LogP contribution in [0.3, 0.4) is 0 Å². The summed E-state index contributed by atoms with van der Waals surface area (Å²) in [6.45, 7) is 19.2. The van der Waals surface area contributed by atoms with Crippen LogP contribution in [0.1, 0.15) is 68.7 Å². The molecule has 2 heteroatoms. The van der Waals surface area contributed by atoms with E-state index in [1.165, 1.54) is 0 Å². The van der Waals surface area contributed by atoms with Gasteiger partial charge < -0.3 is 4.74 Å². The van der Waals surface area contributed by atoms with E-state index in [2.05, 4.69) is 62.3 Å². The lowest BCUT2D eigenvalue weighted by Gasteiger charge is -2.31. The van der Waals surface area contributed by atoms with E-state index < -0.39 is 0 Å². The highest BCUT2D eigenvalue weighted by atomic mass is 16.5. The zero-order valence-corrected chi connectivity index (χ0v) is 14.4. The molecular weight excluding hydrogens is 236 g/mol. The van der Waals surface area contributed by atoms with E-state index in [4.69, 9.17) is 4.74 Å². The van der Waals surface area contributed by atoms with Crippen molar-refractivity contribution < 1.29 is 9.53 Å². The Bertz CT molecular complexity index is 263. The van der Waals surface area contributed by atoms with Crippen LogP contribution in [-0.4, -0.2) is 12.1 Å². The first-order valence-corrected chi connectivity index (χ1v) is 7.66. The van der Waals surface area contributed by atoms with Crippen molar-refractivity contribution in [1.82, 2.24) is 0 Å². The summed E-state index contributed by atoms with van der Waals surface area (Å²) in [6.07, 6.45) is 0.903. The predicted molar refractivity (Wildman–Crippen MR) is 82.0 cm³/mol. The molecule has 0 N–H and O–H groups in total. The van der Waals surface area contributed by atoms with Crippen LogP contribution in [0.15, 0.2) is 0 Å². The summed E-state index contributed by atoms with van der Waals surface area (Å²) in [4.78, 5) is 12.5. The van der Waals surface area contributed by atoms with Gasteiger partial charge in [-0.1, -0.05) is 62.3 Å². The first kappa shape index (κ1) is 18.5. The van der Waals surface area contributed by atoms with Crippen molar-refractivity contribution in [1.29, 1.82) is 0 Å². The maximum atomic E-state index is 12.5.